The molecule has 0 aliphatic heterocycles. The Morgan fingerprint density at radius 3 is 2.53 bits per heavy atom. The lowest BCUT2D eigenvalue weighted by Crippen LogP contribution is -2.03. The SMILES string of the molecule is Cc1nn(-c2ccc(Cl)cc2C=O)c(C)c1Cl. The van der Waals surface area contributed by atoms with E-state index in [2.05, 4.69) is 5.10 Å². The summed E-state index contributed by atoms with van der Waals surface area (Å²) in [7, 11) is 0. The average Bonchev–Trinajstić information content (AvgIpc) is 2.57. The van der Waals surface area contributed by atoms with Crippen LogP contribution in [0.5, 0.6) is 0 Å². The number of hydrogen-bond donors (Lipinski definition) is 0. The van der Waals surface area contributed by atoms with Gasteiger partial charge < -0.3 is 0 Å². The van der Waals surface area contributed by atoms with Crippen molar-refractivity contribution in [2.45, 2.75) is 13.8 Å². The highest BCUT2D eigenvalue weighted by molar-refractivity contribution is 6.32. The molecular formula is C12H10Cl2N2O. The molecule has 0 aliphatic carbocycles. The number of aryl methyl sites for hydroxylation is 1. The van der Waals surface area contributed by atoms with Gasteiger partial charge in [-0.1, -0.05) is 23.2 Å². The summed E-state index contributed by atoms with van der Waals surface area (Å²) in [5.41, 5.74) is 2.70. The molecule has 3 nitrogen and oxygen atoms in total. The smallest absolute Gasteiger partial charge is 0.152 e. The summed E-state index contributed by atoms with van der Waals surface area (Å²) in [6.45, 7) is 3.67. The highest BCUT2D eigenvalue weighted by atomic mass is 35.5. The quantitative estimate of drug-likeness (QED) is 0.780. The summed E-state index contributed by atoms with van der Waals surface area (Å²) in [6.07, 6.45) is 0.756. The predicted molar refractivity (Wildman–Crippen MR) is 68.4 cm³/mol. The fourth-order valence-electron chi connectivity index (χ4n) is 1.67. The summed E-state index contributed by atoms with van der Waals surface area (Å²) in [5, 5.41) is 5.43. The zero-order valence-electron chi connectivity index (χ0n) is 9.37. The van der Waals surface area contributed by atoms with Crippen LogP contribution < -0.4 is 0 Å². The minimum atomic E-state index is 0.486. The van der Waals surface area contributed by atoms with E-state index in [1.807, 2.05) is 13.8 Å². The van der Waals surface area contributed by atoms with Crippen molar-refractivity contribution in [3.8, 4) is 5.69 Å². The van der Waals surface area contributed by atoms with Crippen molar-refractivity contribution in [2.75, 3.05) is 0 Å². The van der Waals surface area contributed by atoms with Gasteiger partial charge >= 0.3 is 0 Å². The second-order valence-corrected chi connectivity index (χ2v) is 4.53. The van der Waals surface area contributed by atoms with E-state index in [1.165, 1.54) is 0 Å². The summed E-state index contributed by atoms with van der Waals surface area (Å²) < 4.78 is 1.65. The van der Waals surface area contributed by atoms with E-state index in [0.717, 1.165) is 17.7 Å². The lowest BCUT2D eigenvalue weighted by Gasteiger charge is -2.07. The molecule has 0 N–H and O–H groups in total. The van der Waals surface area contributed by atoms with Crippen LogP contribution >= 0.6 is 23.2 Å². The number of nitrogens with zero attached hydrogens (tertiary/aromatic N) is 2. The molecule has 2 aromatic rings. The molecule has 1 heterocycles. The first-order valence-electron chi connectivity index (χ1n) is 5.01. The molecule has 0 saturated carbocycles. The number of rotatable bonds is 2. The van der Waals surface area contributed by atoms with Gasteiger partial charge in [0, 0.05) is 10.6 Å². The Kier molecular flexibility index (Phi) is 3.22. The Morgan fingerprint density at radius 1 is 1.29 bits per heavy atom. The number of carbonyl (C=O) groups excluding carboxylic acids is 1. The summed E-state index contributed by atoms with van der Waals surface area (Å²) in [4.78, 5) is 11.0. The van der Waals surface area contributed by atoms with Crippen LogP contribution in [0.3, 0.4) is 0 Å². The van der Waals surface area contributed by atoms with Crippen LogP contribution in [0.15, 0.2) is 18.2 Å². The van der Waals surface area contributed by atoms with Crippen molar-refractivity contribution in [3.63, 3.8) is 0 Å². The zero-order chi connectivity index (χ0) is 12.6. The molecule has 0 saturated heterocycles. The third kappa shape index (κ3) is 2.08. The molecule has 88 valence electrons. The molecule has 0 atom stereocenters. The van der Waals surface area contributed by atoms with Gasteiger partial charge in [-0.2, -0.15) is 5.10 Å². The van der Waals surface area contributed by atoms with Crippen LogP contribution in [-0.4, -0.2) is 16.1 Å². The Labute approximate surface area is 109 Å². The van der Waals surface area contributed by atoms with Crippen LogP contribution in [0.4, 0.5) is 0 Å². The molecule has 0 bridgehead atoms. The highest BCUT2D eigenvalue weighted by Crippen LogP contribution is 2.25. The number of aromatic nitrogens is 2. The molecule has 0 aliphatic rings. The van der Waals surface area contributed by atoms with Gasteiger partial charge in [-0.25, -0.2) is 4.68 Å². The van der Waals surface area contributed by atoms with Crippen LogP contribution in [0.25, 0.3) is 5.69 Å². The summed E-state index contributed by atoms with van der Waals surface area (Å²) in [5.74, 6) is 0. The van der Waals surface area contributed by atoms with Crippen molar-refractivity contribution < 1.29 is 4.79 Å². The van der Waals surface area contributed by atoms with Gasteiger partial charge in [-0.05, 0) is 32.0 Å². The van der Waals surface area contributed by atoms with Crippen molar-refractivity contribution in [2.24, 2.45) is 0 Å². The predicted octanol–water partition coefficient (Wildman–Crippen LogP) is 3.61. The van der Waals surface area contributed by atoms with Gasteiger partial charge in [0.15, 0.2) is 6.29 Å². The van der Waals surface area contributed by atoms with Crippen LogP contribution in [0.2, 0.25) is 10.0 Å². The van der Waals surface area contributed by atoms with Gasteiger partial charge in [0.2, 0.25) is 0 Å². The minimum Gasteiger partial charge on any atom is -0.298 e. The van der Waals surface area contributed by atoms with E-state index >= 15 is 0 Å². The van der Waals surface area contributed by atoms with E-state index in [0.29, 0.717) is 21.3 Å². The topological polar surface area (TPSA) is 34.9 Å². The van der Waals surface area contributed by atoms with Crippen molar-refractivity contribution >= 4 is 29.5 Å². The fraction of sp³-hybridized carbons (Fsp3) is 0.167. The molecule has 1 aromatic carbocycles. The van der Waals surface area contributed by atoms with Gasteiger partial charge in [0.05, 0.1) is 22.1 Å². The van der Waals surface area contributed by atoms with Gasteiger partial charge in [-0.3, -0.25) is 4.79 Å². The van der Waals surface area contributed by atoms with E-state index in [4.69, 9.17) is 23.2 Å². The summed E-state index contributed by atoms with van der Waals surface area (Å²) in [6, 6.07) is 5.07. The zero-order valence-corrected chi connectivity index (χ0v) is 10.9. The second kappa shape index (κ2) is 4.51. The maximum Gasteiger partial charge on any atom is 0.152 e. The fourth-order valence-corrected chi connectivity index (χ4v) is 1.97. The number of benzene rings is 1. The first-order chi connectivity index (χ1) is 8.04. The first-order valence-corrected chi connectivity index (χ1v) is 5.77. The molecule has 0 fully saturated rings. The third-order valence-electron chi connectivity index (χ3n) is 2.55. The second-order valence-electron chi connectivity index (χ2n) is 3.72. The lowest BCUT2D eigenvalue weighted by molar-refractivity contribution is 0.112. The number of carbonyl (C=O) groups is 1. The number of halogens is 2. The van der Waals surface area contributed by atoms with Gasteiger partial charge in [0.1, 0.15) is 0 Å². The molecule has 5 heteroatoms. The van der Waals surface area contributed by atoms with Crippen molar-refractivity contribution in [3.05, 3.63) is 45.2 Å². The maximum absolute atomic E-state index is 11.0. The highest BCUT2D eigenvalue weighted by Gasteiger charge is 2.13. The van der Waals surface area contributed by atoms with Gasteiger partial charge in [0.25, 0.3) is 0 Å². The average molecular weight is 269 g/mol. The molecule has 0 unspecified atom stereocenters. The monoisotopic (exact) mass is 268 g/mol. The van der Waals surface area contributed by atoms with E-state index in [9.17, 15) is 4.79 Å². The standard InChI is InChI=1S/C12H10Cl2N2O/c1-7-12(14)8(2)16(15-7)11-4-3-10(13)5-9(11)6-17/h3-6H,1-2H3. The van der Waals surface area contributed by atoms with E-state index in [1.54, 1.807) is 22.9 Å². The normalized spacial score (nSPS) is 10.6. The Hall–Kier alpha value is -1.32. The minimum absolute atomic E-state index is 0.486. The molecule has 0 spiro atoms. The molecule has 2 rings (SSSR count). The number of aldehydes is 1. The largest absolute Gasteiger partial charge is 0.298 e. The molecular weight excluding hydrogens is 259 g/mol. The Morgan fingerprint density at radius 2 is 2.00 bits per heavy atom. The van der Waals surface area contributed by atoms with Crippen LogP contribution in [0, 0.1) is 13.8 Å². The van der Waals surface area contributed by atoms with Gasteiger partial charge in [-0.15, -0.1) is 0 Å². The molecule has 0 amide bonds. The maximum atomic E-state index is 11.0. The Bertz CT molecular complexity index is 590. The first kappa shape index (κ1) is 12.1. The lowest BCUT2D eigenvalue weighted by atomic mass is 10.2. The molecule has 0 radical (unpaired) electrons. The van der Waals surface area contributed by atoms with E-state index < -0.39 is 0 Å². The Balaban J connectivity index is 2.68. The third-order valence-corrected chi connectivity index (χ3v) is 3.33. The van der Waals surface area contributed by atoms with Crippen molar-refractivity contribution in [1.82, 2.24) is 9.78 Å². The number of hydrogen-bond acceptors (Lipinski definition) is 2. The van der Waals surface area contributed by atoms with Crippen LogP contribution in [0.1, 0.15) is 21.7 Å². The van der Waals surface area contributed by atoms with E-state index in [-0.39, 0.29) is 0 Å². The van der Waals surface area contributed by atoms with Crippen molar-refractivity contribution in [1.29, 1.82) is 0 Å². The van der Waals surface area contributed by atoms with Crippen LogP contribution in [-0.2, 0) is 0 Å². The molecule has 17 heavy (non-hydrogen) atoms. The summed E-state index contributed by atoms with van der Waals surface area (Å²) >= 11 is 11.9. The molecule has 1 aromatic heterocycles.